The molecule has 1 fully saturated rings. The van der Waals surface area contributed by atoms with E-state index in [9.17, 15) is 9.59 Å². The number of anilines is 2. The Bertz CT molecular complexity index is 536. The summed E-state index contributed by atoms with van der Waals surface area (Å²) in [5, 5.41) is 2.89. The van der Waals surface area contributed by atoms with Gasteiger partial charge in [-0.15, -0.1) is 0 Å². The molecule has 0 saturated carbocycles. The number of likely N-dealkylation sites (N-methyl/N-ethyl adjacent to an activating group) is 2. The lowest BCUT2D eigenvalue weighted by molar-refractivity contribution is -0.862. The molecule has 6 heteroatoms. The summed E-state index contributed by atoms with van der Waals surface area (Å²) < 4.78 is 0. The van der Waals surface area contributed by atoms with Crippen molar-refractivity contribution in [1.82, 2.24) is 4.90 Å². The van der Waals surface area contributed by atoms with Gasteiger partial charge in [0.05, 0.1) is 7.05 Å². The third-order valence-electron chi connectivity index (χ3n) is 4.04. The maximum atomic E-state index is 12.0. The number of carbonyl (C=O) groups excluding carboxylic acids is 2. The smallest absolute Gasteiger partial charge is 0.279 e. The maximum Gasteiger partial charge on any atom is 0.279 e. The van der Waals surface area contributed by atoms with Gasteiger partial charge in [-0.25, -0.2) is 0 Å². The van der Waals surface area contributed by atoms with Crippen LogP contribution in [0.4, 0.5) is 11.4 Å². The molecular weight excluding hydrogens is 292 g/mol. The first kappa shape index (κ1) is 17.3. The van der Waals surface area contributed by atoms with Crippen molar-refractivity contribution in [2.45, 2.75) is 12.8 Å². The zero-order valence-corrected chi connectivity index (χ0v) is 14.3. The van der Waals surface area contributed by atoms with Crippen LogP contribution in [0.5, 0.6) is 0 Å². The molecule has 2 rings (SSSR count). The molecule has 23 heavy (non-hydrogen) atoms. The van der Waals surface area contributed by atoms with Crippen LogP contribution in [0, 0.1) is 0 Å². The number of hydrogen-bond donors (Lipinski definition) is 2. The van der Waals surface area contributed by atoms with E-state index in [4.69, 9.17) is 0 Å². The predicted molar refractivity (Wildman–Crippen MR) is 91.8 cm³/mol. The summed E-state index contributed by atoms with van der Waals surface area (Å²) in [7, 11) is 5.28. The van der Waals surface area contributed by atoms with Gasteiger partial charge in [0.25, 0.3) is 11.8 Å². The number of amides is 2. The normalized spacial score (nSPS) is 15.3. The molecule has 1 aliphatic rings. The van der Waals surface area contributed by atoms with Crippen LogP contribution in [0.25, 0.3) is 0 Å². The summed E-state index contributed by atoms with van der Waals surface area (Å²) in [5.74, 6) is -0.0618. The fourth-order valence-corrected chi connectivity index (χ4v) is 2.69. The topological polar surface area (TPSA) is 57.1 Å². The van der Waals surface area contributed by atoms with Crippen molar-refractivity contribution in [1.29, 1.82) is 0 Å². The second kappa shape index (κ2) is 7.97. The fraction of sp³-hybridized carbons (Fsp3) is 0.529. The molecule has 0 spiro atoms. The first-order valence-corrected chi connectivity index (χ1v) is 8.12. The lowest BCUT2D eigenvalue weighted by Crippen LogP contribution is -3.11. The van der Waals surface area contributed by atoms with Crippen LogP contribution >= 0.6 is 0 Å². The number of quaternary nitrogens is 1. The van der Waals surface area contributed by atoms with Crippen LogP contribution in [0.15, 0.2) is 24.3 Å². The third kappa shape index (κ3) is 5.25. The molecule has 2 N–H and O–H groups in total. The average Bonchev–Trinajstić information content (AvgIpc) is 3.01. The van der Waals surface area contributed by atoms with Gasteiger partial charge in [-0.05, 0) is 37.1 Å². The number of benzene rings is 1. The summed E-state index contributed by atoms with van der Waals surface area (Å²) >= 11 is 0. The number of rotatable bonds is 6. The van der Waals surface area contributed by atoms with Crippen molar-refractivity contribution < 1.29 is 14.5 Å². The maximum absolute atomic E-state index is 12.0. The van der Waals surface area contributed by atoms with Gasteiger partial charge in [-0.3, -0.25) is 9.59 Å². The summed E-state index contributed by atoms with van der Waals surface area (Å²) in [4.78, 5) is 28.4. The van der Waals surface area contributed by atoms with Gasteiger partial charge in [0.2, 0.25) is 0 Å². The number of carbonyl (C=O) groups is 2. The lowest BCUT2D eigenvalue weighted by atomic mass is 10.2. The zero-order valence-electron chi connectivity index (χ0n) is 14.3. The lowest BCUT2D eigenvalue weighted by Gasteiger charge is -2.18. The van der Waals surface area contributed by atoms with E-state index in [-0.39, 0.29) is 18.4 Å². The molecular formula is C17H27N4O2+. The summed E-state index contributed by atoms with van der Waals surface area (Å²) in [6, 6.07) is 7.97. The van der Waals surface area contributed by atoms with Crippen molar-refractivity contribution in [3.63, 3.8) is 0 Å². The molecule has 1 atom stereocenters. The largest absolute Gasteiger partial charge is 0.372 e. The minimum Gasteiger partial charge on any atom is -0.372 e. The molecule has 0 bridgehead atoms. The van der Waals surface area contributed by atoms with Crippen molar-refractivity contribution in [3.05, 3.63) is 24.3 Å². The summed E-state index contributed by atoms with van der Waals surface area (Å²) in [5.41, 5.74) is 2.00. The highest BCUT2D eigenvalue weighted by molar-refractivity contribution is 5.91. The van der Waals surface area contributed by atoms with Crippen LogP contribution in [-0.4, -0.2) is 64.0 Å². The Balaban J connectivity index is 1.81. The van der Waals surface area contributed by atoms with Crippen molar-refractivity contribution in [2.75, 3.05) is 57.5 Å². The van der Waals surface area contributed by atoms with E-state index in [1.807, 2.05) is 31.3 Å². The van der Waals surface area contributed by atoms with E-state index in [0.29, 0.717) is 6.54 Å². The SMILES string of the molecule is CN(C)C(=O)C[NH+](C)CC(=O)Nc1ccc(N2CCCC2)cc1. The van der Waals surface area contributed by atoms with E-state index >= 15 is 0 Å². The molecule has 126 valence electrons. The highest BCUT2D eigenvalue weighted by Crippen LogP contribution is 2.21. The molecule has 6 nitrogen and oxygen atoms in total. The summed E-state index contributed by atoms with van der Waals surface area (Å²) in [6.45, 7) is 2.81. The van der Waals surface area contributed by atoms with Crippen molar-refractivity contribution in [3.8, 4) is 0 Å². The molecule has 0 aliphatic carbocycles. The van der Waals surface area contributed by atoms with E-state index in [2.05, 4.69) is 10.2 Å². The first-order chi connectivity index (χ1) is 11.0. The standard InChI is InChI=1S/C17H26N4O2/c1-19(2)17(23)13-20(3)12-16(22)18-14-6-8-15(9-7-14)21-10-4-5-11-21/h6-9H,4-5,10-13H2,1-3H3,(H,18,22)/p+1. The zero-order chi connectivity index (χ0) is 16.8. The molecule has 1 saturated heterocycles. The highest BCUT2D eigenvalue weighted by Gasteiger charge is 2.16. The van der Waals surface area contributed by atoms with Gasteiger partial charge in [0.1, 0.15) is 0 Å². The van der Waals surface area contributed by atoms with Gasteiger partial charge < -0.3 is 20.0 Å². The Labute approximate surface area is 138 Å². The quantitative estimate of drug-likeness (QED) is 0.765. The molecule has 1 aliphatic heterocycles. The molecule has 1 aromatic rings. The van der Waals surface area contributed by atoms with Crippen molar-refractivity contribution in [2.24, 2.45) is 0 Å². The van der Waals surface area contributed by atoms with E-state index in [1.165, 1.54) is 18.5 Å². The minimum absolute atomic E-state index is 0.0188. The third-order valence-corrected chi connectivity index (χ3v) is 4.04. The van der Waals surface area contributed by atoms with E-state index < -0.39 is 0 Å². The Kier molecular flexibility index (Phi) is 5.98. The number of nitrogens with zero attached hydrogens (tertiary/aromatic N) is 2. The number of hydrogen-bond acceptors (Lipinski definition) is 3. The van der Waals surface area contributed by atoms with E-state index in [0.717, 1.165) is 23.7 Å². The van der Waals surface area contributed by atoms with Crippen LogP contribution in [-0.2, 0) is 9.59 Å². The Morgan fingerprint density at radius 3 is 2.30 bits per heavy atom. The van der Waals surface area contributed by atoms with Crippen LogP contribution < -0.4 is 15.1 Å². The van der Waals surface area contributed by atoms with Gasteiger partial charge in [-0.2, -0.15) is 0 Å². The average molecular weight is 319 g/mol. The molecule has 1 aromatic carbocycles. The van der Waals surface area contributed by atoms with Gasteiger partial charge in [-0.1, -0.05) is 0 Å². The number of nitrogens with one attached hydrogen (secondary N) is 2. The summed E-state index contributed by atoms with van der Waals surface area (Å²) in [6.07, 6.45) is 2.50. The molecule has 1 unspecified atom stereocenters. The van der Waals surface area contributed by atoms with Crippen LogP contribution in [0.1, 0.15) is 12.8 Å². The monoisotopic (exact) mass is 319 g/mol. The molecule has 1 heterocycles. The first-order valence-electron chi connectivity index (χ1n) is 8.12. The van der Waals surface area contributed by atoms with Gasteiger partial charge in [0, 0.05) is 38.6 Å². The van der Waals surface area contributed by atoms with Gasteiger partial charge in [0.15, 0.2) is 13.1 Å². The van der Waals surface area contributed by atoms with Crippen LogP contribution in [0.2, 0.25) is 0 Å². The predicted octanol–water partition coefficient (Wildman–Crippen LogP) is -0.172. The molecule has 0 aromatic heterocycles. The highest BCUT2D eigenvalue weighted by atomic mass is 16.2. The minimum atomic E-state index is -0.0806. The van der Waals surface area contributed by atoms with Gasteiger partial charge >= 0.3 is 0 Å². The van der Waals surface area contributed by atoms with Crippen LogP contribution in [0.3, 0.4) is 0 Å². The van der Waals surface area contributed by atoms with E-state index in [1.54, 1.807) is 19.0 Å². The second-order valence-corrected chi connectivity index (χ2v) is 6.39. The Hall–Kier alpha value is -2.08. The fourth-order valence-electron chi connectivity index (χ4n) is 2.69. The second-order valence-electron chi connectivity index (χ2n) is 6.39. The molecule has 2 amide bonds. The van der Waals surface area contributed by atoms with Crippen molar-refractivity contribution >= 4 is 23.2 Å². The molecule has 0 radical (unpaired) electrons. The Morgan fingerprint density at radius 2 is 1.74 bits per heavy atom. The Morgan fingerprint density at radius 1 is 1.13 bits per heavy atom.